The topological polar surface area (TPSA) is 174 Å². The Morgan fingerprint density at radius 2 is 1.61 bits per heavy atom. The molecule has 13 nitrogen and oxygen atoms in total. The van der Waals surface area contributed by atoms with Crippen molar-refractivity contribution in [3.63, 3.8) is 0 Å². The second-order valence-electron chi connectivity index (χ2n) is 17.0. The van der Waals surface area contributed by atoms with Crippen LogP contribution in [0.1, 0.15) is 112 Å². The highest BCUT2D eigenvalue weighted by atomic mass is 32.2. The van der Waals surface area contributed by atoms with E-state index in [2.05, 4.69) is 35.1 Å². The summed E-state index contributed by atoms with van der Waals surface area (Å²) in [5.41, 5.74) is -1.89. The molecule has 5 fully saturated rings. The van der Waals surface area contributed by atoms with Gasteiger partial charge in [0.1, 0.15) is 12.1 Å². The number of fused-ring (bicyclic) bond motifs is 1. The van der Waals surface area contributed by atoms with Gasteiger partial charge in [-0.05, 0) is 61.2 Å². The van der Waals surface area contributed by atoms with Gasteiger partial charge in [0.15, 0.2) is 0 Å². The maximum Gasteiger partial charge on any atom is 0.315 e. The summed E-state index contributed by atoms with van der Waals surface area (Å²) in [6.45, 7) is 12.4. The Labute approximate surface area is 291 Å². The van der Waals surface area contributed by atoms with E-state index in [1.165, 1.54) is 4.31 Å². The van der Waals surface area contributed by atoms with Gasteiger partial charge >= 0.3 is 6.03 Å². The molecule has 2 aliphatic heterocycles. The molecule has 5 aliphatic rings. The Morgan fingerprint density at radius 3 is 2.16 bits per heavy atom. The summed E-state index contributed by atoms with van der Waals surface area (Å²) < 4.78 is 28.0. The van der Waals surface area contributed by atoms with Gasteiger partial charge in [0.05, 0.1) is 16.8 Å². The molecular weight excluding hydrogens is 648 g/mol. The predicted octanol–water partition coefficient (Wildman–Crippen LogP) is 2.44. The normalized spacial score (nSPS) is 29.7. The minimum absolute atomic E-state index is 0.00544. The van der Waals surface area contributed by atoms with E-state index in [1.54, 1.807) is 11.9 Å². The fourth-order valence-corrected chi connectivity index (χ4v) is 10.7. The summed E-state index contributed by atoms with van der Waals surface area (Å²) in [6, 6.07) is -3.48. The molecule has 0 spiro atoms. The van der Waals surface area contributed by atoms with Crippen molar-refractivity contribution in [3.8, 4) is 0 Å². The quantitative estimate of drug-likeness (QED) is 0.226. The first-order valence-corrected chi connectivity index (χ1v) is 19.8. The number of nitrogens with one attached hydrogen (secondary N) is 4. The zero-order chi connectivity index (χ0) is 36.1. The molecule has 4 N–H and O–H groups in total. The van der Waals surface area contributed by atoms with Crippen LogP contribution in [0.25, 0.3) is 0 Å². The maximum absolute atomic E-state index is 14.5. The van der Waals surface area contributed by atoms with E-state index in [1.807, 2.05) is 27.7 Å². The Hall–Kier alpha value is -2.74. The fourth-order valence-electron chi connectivity index (χ4n) is 8.66. The number of likely N-dealkylation sites (tertiary alicyclic amines) is 1. The smallest absolute Gasteiger partial charge is 0.315 e. The van der Waals surface area contributed by atoms with Crippen LogP contribution in [0.4, 0.5) is 4.79 Å². The van der Waals surface area contributed by atoms with Gasteiger partial charge in [0.25, 0.3) is 5.91 Å². The van der Waals surface area contributed by atoms with Crippen molar-refractivity contribution in [1.29, 1.82) is 0 Å². The standard InChI is InChI=1S/C35H58N6O7S/c1-8-9-13-23(27(42)30(44)36-21-14-15-21)37-29(43)26-25-22(34(25,5)6)20-41(26)31(45)28(33(2,3)4)38-32(46)39-35(17-11-10-12-18-35)24-16-19-40(7)49(24,47)48/h21-26,28H,8-20H2,1-7H3,(H,36,44)(H,37,43)(H2,38,39,46)/t22?,23-,24+,25?,26-,28+/m0/s1. The Balaban J connectivity index is 1.35. The summed E-state index contributed by atoms with van der Waals surface area (Å²) >= 11 is 0. The van der Waals surface area contributed by atoms with Crippen LogP contribution in [-0.4, -0.2) is 102 Å². The summed E-state index contributed by atoms with van der Waals surface area (Å²) in [5.74, 6) is -2.30. The van der Waals surface area contributed by atoms with Crippen LogP contribution in [-0.2, 0) is 29.2 Å². The minimum atomic E-state index is -3.59. The largest absolute Gasteiger partial charge is 0.347 e. The van der Waals surface area contributed by atoms with Crippen LogP contribution in [0.2, 0.25) is 0 Å². The third-order valence-corrected chi connectivity index (χ3v) is 14.4. The van der Waals surface area contributed by atoms with E-state index in [0.717, 1.165) is 38.5 Å². The highest BCUT2D eigenvalue weighted by Gasteiger charge is 2.70. The zero-order valence-corrected chi connectivity index (χ0v) is 31.2. The molecule has 2 heterocycles. The average Bonchev–Trinajstić information content (AvgIpc) is 3.83. The molecule has 3 saturated carbocycles. The van der Waals surface area contributed by atoms with Gasteiger partial charge in [-0.15, -0.1) is 0 Å². The Kier molecular flexibility index (Phi) is 10.5. The second kappa shape index (κ2) is 13.8. The number of carbonyl (C=O) groups excluding carboxylic acids is 5. The molecular formula is C35H58N6O7S. The summed E-state index contributed by atoms with van der Waals surface area (Å²) in [4.78, 5) is 69.9. The number of nitrogens with zero attached hydrogens (tertiary/aromatic N) is 2. The molecule has 5 rings (SSSR count). The minimum Gasteiger partial charge on any atom is -0.347 e. The molecule has 49 heavy (non-hydrogen) atoms. The third-order valence-electron chi connectivity index (χ3n) is 12.0. The van der Waals surface area contributed by atoms with Gasteiger partial charge < -0.3 is 26.2 Å². The van der Waals surface area contributed by atoms with Crippen LogP contribution in [0.3, 0.4) is 0 Å². The molecule has 2 unspecified atom stereocenters. The van der Waals surface area contributed by atoms with E-state index in [-0.39, 0.29) is 23.3 Å². The number of hydrogen-bond donors (Lipinski definition) is 4. The lowest BCUT2D eigenvalue weighted by Crippen LogP contribution is -2.65. The van der Waals surface area contributed by atoms with Crippen LogP contribution in [0, 0.1) is 22.7 Å². The number of urea groups is 1. The van der Waals surface area contributed by atoms with E-state index in [9.17, 15) is 32.4 Å². The lowest BCUT2D eigenvalue weighted by Gasteiger charge is -2.43. The van der Waals surface area contributed by atoms with Gasteiger partial charge in [-0.1, -0.05) is 73.6 Å². The monoisotopic (exact) mass is 706 g/mol. The number of amides is 5. The molecule has 0 aromatic rings. The molecule has 0 aromatic heterocycles. The lowest BCUT2D eigenvalue weighted by molar-refractivity contribution is -0.145. The molecule has 5 amide bonds. The van der Waals surface area contributed by atoms with Crippen molar-refractivity contribution < 1.29 is 32.4 Å². The number of Topliss-reactive ketones (excluding diaryl/α,β-unsaturated/α-hetero) is 1. The molecule has 14 heteroatoms. The number of unbranched alkanes of at least 4 members (excludes halogenated alkanes) is 1. The predicted molar refractivity (Wildman–Crippen MR) is 185 cm³/mol. The van der Waals surface area contributed by atoms with E-state index in [4.69, 9.17) is 0 Å². The zero-order valence-electron chi connectivity index (χ0n) is 30.4. The Bertz CT molecular complexity index is 1430. The van der Waals surface area contributed by atoms with Gasteiger partial charge in [0, 0.05) is 26.2 Å². The number of carbonyl (C=O) groups is 5. The van der Waals surface area contributed by atoms with Gasteiger partial charge in [-0.25, -0.2) is 17.5 Å². The van der Waals surface area contributed by atoms with Crippen molar-refractivity contribution in [2.45, 2.75) is 147 Å². The number of rotatable bonds is 12. The second-order valence-corrected chi connectivity index (χ2v) is 19.2. The fraction of sp³-hybridized carbons (Fsp3) is 0.857. The van der Waals surface area contributed by atoms with Crippen molar-refractivity contribution in [2.24, 2.45) is 22.7 Å². The average molecular weight is 707 g/mol. The molecule has 0 radical (unpaired) electrons. The summed E-state index contributed by atoms with van der Waals surface area (Å²) in [7, 11) is -2.02. The first kappa shape index (κ1) is 37.5. The van der Waals surface area contributed by atoms with Gasteiger partial charge in [-0.3, -0.25) is 19.2 Å². The molecule has 3 aliphatic carbocycles. The first-order chi connectivity index (χ1) is 22.8. The van der Waals surface area contributed by atoms with Crippen molar-refractivity contribution in [2.75, 3.05) is 20.1 Å². The molecule has 0 bridgehead atoms. The number of ketones is 1. The Morgan fingerprint density at radius 1 is 0.959 bits per heavy atom. The molecule has 2 saturated heterocycles. The maximum atomic E-state index is 14.5. The number of sulfonamides is 1. The SMILES string of the molecule is CCCC[C@H](NC(=O)[C@@H]1C2C(CN1C(=O)[C@@H](NC(=O)NC1([C@H]3CCN(C)S3(=O)=O)CCCCC1)C(C)(C)C)C2(C)C)C(=O)C(=O)NC1CC1. The van der Waals surface area contributed by atoms with E-state index >= 15 is 0 Å². The summed E-state index contributed by atoms with van der Waals surface area (Å²) in [5, 5.41) is 10.8. The van der Waals surface area contributed by atoms with Crippen LogP contribution in [0.15, 0.2) is 0 Å². The van der Waals surface area contributed by atoms with Gasteiger partial charge in [0.2, 0.25) is 27.6 Å². The van der Waals surface area contributed by atoms with Crippen molar-refractivity contribution in [1.82, 2.24) is 30.5 Å². The van der Waals surface area contributed by atoms with Crippen LogP contribution >= 0.6 is 0 Å². The molecule has 6 atom stereocenters. The highest BCUT2D eigenvalue weighted by molar-refractivity contribution is 7.90. The van der Waals surface area contributed by atoms with E-state index in [0.29, 0.717) is 45.2 Å². The number of piperidine rings is 1. The van der Waals surface area contributed by atoms with Crippen LogP contribution < -0.4 is 21.3 Å². The van der Waals surface area contributed by atoms with Crippen molar-refractivity contribution >= 4 is 39.6 Å². The molecule has 0 aromatic carbocycles. The third kappa shape index (κ3) is 7.50. The summed E-state index contributed by atoms with van der Waals surface area (Å²) in [6.07, 6.45) is 7.46. The molecule has 276 valence electrons. The van der Waals surface area contributed by atoms with E-state index < -0.39 is 73.9 Å². The first-order valence-electron chi connectivity index (χ1n) is 18.3. The highest BCUT2D eigenvalue weighted by Crippen LogP contribution is 2.65. The number of hydrogen-bond acceptors (Lipinski definition) is 7. The van der Waals surface area contributed by atoms with Crippen LogP contribution in [0.5, 0.6) is 0 Å². The van der Waals surface area contributed by atoms with Crippen molar-refractivity contribution in [3.05, 3.63) is 0 Å². The lowest BCUT2D eigenvalue weighted by atomic mass is 9.78. The van der Waals surface area contributed by atoms with Gasteiger partial charge in [-0.2, -0.15) is 0 Å².